The van der Waals surface area contributed by atoms with Gasteiger partial charge >= 0.3 is 5.97 Å². The van der Waals surface area contributed by atoms with Crippen molar-refractivity contribution in [1.82, 2.24) is 0 Å². The summed E-state index contributed by atoms with van der Waals surface area (Å²) in [5.41, 5.74) is 0. The van der Waals surface area contributed by atoms with E-state index in [2.05, 4.69) is 0 Å². The molecule has 0 amide bonds. The molecular weight excluding hydrogens is 156 g/mol. The molecule has 1 aliphatic carbocycles. The average molecular weight is 166 g/mol. The van der Waals surface area contributed by atoms with E-state index >= 15 is 0 Å². The molecule has 0 aromatic heterocycles. The predicted molar refractivity (Wildman–Crippen MR) is 42.4 cm³/mol. The van der Waals surface area contributed by atoms with Crippen LogP contribution < -0.4 is 0 Å². The second-order valence-electron chi connectivity index (χ2n) is 3.10. The van der Waals surface area contributed by atoms with Gasteiger partial charge in [-0.05, 0) is 12.5 Å². The van der Waals surface area contributed by atoms with E-state index < -0.39 is 5.97 Å². The van der Waals surface area contributed by atoms with Crippen LogP contribution in [0.4, 0.5) is 0 Å². The molecule has 1 fully saturated rings. The summed E-state index contributed by atoms with van der Waals surface area (Å²) >= 11 is 0. The molecule has 0 radical (unpaired) electrons. The second kappa shape index (κ2) is 2.66. The fraction of sp³-hybridized carbons (Fsp3) is 0.444. The highest BCUT2D eigenvalue weighted by molar-refractivity contribution is 5.71. The Morgan fingerprint density at radius 1 is 1.67 bits per heavy atom. The molecule has 64 valence electrons. The lowest BCUT2D eigenvalue weighted by atomic mass is 9.88. The molecular formula is C9H10O3. The van der Waals surface area contributed by atoms with Gasteiger partial charge in [-0.2, -0.15) is 0 Å². The first-order valence-electron chi connectivity index (χ1n) is 4.01. The quantitative estimate of drug-likeness (QED) is 0.636. The Morgan fingerprint density at radius 3 is 3.25 bits per heavy atom. The number of ether oxygens (including phenoxy) is 1. The van der Waals surface area contributed by atoms with Crippen molar-refractivity contribution in [2.75, 3.05) is 6.61 Å². The minimum absolute atomic E-state index is 0.0764. The highest BCUT2D eigenvalue weighted by atomic mass is 16.5. The van der Waals surface area contributed by atoms with E-state index in [4.69, 9.17) is 9.84 Å². The van der Waals surface area contributed by atoms with Crippen LogP contribution in [-0.4, -0.2) is 17.7 Å². The van der Waals surface area contributed by atoms with Gasteiger partial charge in [-0.1, -0.05) is 12.2 Å². The fourth-order valence-electron chi connectivity index (χ4n) is 1.69. The van der Waals surface area contributed by atoms with Gasteiger partial charge in [0, 0.05) is 5.92 Å². The van der Waals surface area contributed by atoms with Crippen molar-refractivity contribution in [2.24, 2.45) is 11.8 Å². The van der Waals surface area contributed by atoms with Gasteiger partial charge in [-0.3, -0.25) is 4.79 Å². The minimum Gasteiger partial charge on any atom is -0.497 e. The van der Waals surface area contributed by atoms with Crippen molar-refractivity contribution >= 4 is 5.97 Å². The number of carboxylic acid groups (broad SMARTS) is 1. The number of fused-ring (bicyclic) bond motifs is 1. The maximum Gasteiger partial charge on any atom is 0.310 e. The predicted octanol–water partition coefficient (Wildman–Crippen LogP) is 1.18. The summed E-state index contributed by atoms with van der Waals surface area (Å²) in [5.74, 6) is -0.183. The van der Waals surface area contributed by atoms with E-state index in [1.807, 2.05) is 18.2 Å². The third-order valence-corrected chi connectivity index (χ3v) is 2.38. The van der Waals surface area contributed by atoms with Crippen LogP contribution >= 0.6 is 0 Å². The van der Waals surface area contributed by atoms with E-state index in [0.29, 0.717) is 6.61 Å². The molecule has 0 bridgehead atoms. The van der Waals surface area contributed by atoms with Crippen LogP contribution in [0.1, 0.15) is 6.42 Å². The monoisotopic (exact) mass is 166 g/mol. The molecule has 3 nitrogen and oxygen atoms in total. The Morgan fingerprint density at radius 2 is 2.50 bits per heavy atom. The van der Waals surface area contributed by atoms with Crippen molar-refractivity contribution in [1.29, 1.82) is 0 Å². The number of hydrogen-bond donors (Lipinski definition) is 1. The summed E-state index contributed by atoms with van der Waals surface area (Å²) in [7, 11) is 0. The standard InChI is InChI=1S/C9H10O3/c10-9(11)7-5-12-8-4-2-1-3-6(7)8/h1-2,4,6-7H,3,5H2,(H,10,11). The number of allylic oxidation sites excluding steroid dienone is 4. The lowest BCUT2D eigenvalue weighted by Gasteiger charge is -2.13. The van der Waals surface area contributed by atoms with Crippen LogP contribution in [0.15, 0.2) is 24.0 Å². The van der Waals surface area contributed by atoms with Gasteiger partial charge in [0.2, 0.25) is 0 Å². The molecule has 1 N–H and O–H groups in total. The van der Waals surface area contributed by atoms with Crippen molar-refractivity contribution in [3.05, 3.63) is 24.0 Å². The zero-order valence-corrected chi connectivity index (χ0v) is 6.56. The molecule has 0 aromatic carbocycles. The van der Waals surface area contributed by atoms with Crippen LogP contribution in [0.3, 0.4) is 0 Å². The van der Waals surface area contributed by atoms with Gasteiger partial charge in [-0.15, -0.1) is 0 Å². The van der Waals surface area contributed by atoms with Crippen molar-refractivity contribution in [3.63, 3.8) is 0 Å². The van der Waals surface area contributed by atoms with Crippen LogP contribution in [0.25, 0.3) is 0 Å². The molecule has 0 aromatic rings. The van der Waals surface area contributed by atoms with Crippen molar-refractivity contribution in [3.8, 4) is 0 Å². The summed E-state index contributed by atoms with van der Waals surface area (Å²) in [6, 6.07) is 0. The Balaban J connectivity index is 2.20. The van der Waals surface area contributed by atoms with Gasteiger partial charge in [0.25, 0.3) is 0 Å². The number of aliphatic carboxylic acids is 1. The van der Waals surface area contributed by atoms with Gasteiger partial charge in [0.15, 0.2) is 0 Å². The first-order chi connectivity index (χ1) is 5.79. The van der Waals surface area contributed by atoms with Crippen LogP contribution in [0.2, 0.25) is 0 Å². The smallest absolute Gasteiger partial charge is 0.310 e. The Kier molecular flexibility index (Phi) is 1.64. The maximum atomic E-state index is 10.7. The minimum atomic E-state index is -0.751. The molecule has 2 atom stereocenters. The van der Waals surface area contributed by atoms with Crippen LogP contribution in [0, 0.1) is 11.8 Å². The van der Waals surface area contributed by atoms with Crippen molar-refractivity contribution < 1.29 is 14.6 Å². The molecule has 0 spiro atoms. The van der Waals surface area contributed by atoms with E-state index in [0.717, 1.165) is 12.2 Å². The highest BCUT2D eigenvalue weighted by Crippen LogP contribution is 2.35. The summed E-state index contributed by atoms with van der Waals surface area (Å²) < 4.78 is 5.26. The SMILES string of the molecule is O=C(O)C1COC2=CC=CCC21. The van der Waals surface area contributed by atoms with Crippen LogP contribution in [0.5, 0.6) is 0 Å². The van der Waals surface area contributed by atoms with E-state index in [9.17, 15) is 4.79 Å². The molecule has 2 rings (SSSR count). The third kappa shape index (κ3) is 1.02. The summed E-state index contributed by atoms with van der Waals surface area (Å²) in [4.78, 5) is 10.7. The molecule has 2 aliphatic rings. The molecule has 3 heteroatoms. The first kappa shape index (κ1) is 7.40. The van der Waals surface area contributed by atoms with Gasteiger partial charge in [-0.25, -0.2) is 0 Å². The lowest BCUT2D eigenvalue weighted by Crippen LogP contribution is -2.21. The lowest BCUT2D eigenvalue weighted by molar-refractivity contribution is -0.142. The number of carboxylic acids is 1. The molecule has 1 heterocycles. The Bertz CT molecular complexity index is 265. The highest BCUT2D eigenvalue weighted by Gasteiger charge is 2.38. The van der Waals surface area contributed by atoms with Gasteiger partial charge in [0.1, 0.15) is 18.3 Å². The average Bonchev–Trinajstić information content (AvgIpc) is 2.47. The summed E-state index contributed by atoms with van der Waals surface area (Å²) in [6.45, 7) is 0.327. The fourth-order valence-corrected chi connectivity index (χ4v) is 1.69. The number of hydrogen-bond acceptors (Lipinski definition) is 2. The van der Waals surface area contributed by atoms with E-state index in [1.54, 1.807) is 0 Å². The Labute approximate surface area is 70.3 Å². The first-order valence-corrected chi connectivity index (χ1v) is 4.01. The molecule has 1 aliphatic heterocycles. The topological polar surface area (TPSA) is 46.5 Å². The van der Waals surface area contributed by atoms with Gasteiger partial charge in [0.05, 0.1) is 0 Å². The summed E-state index contributed by atoms with van der Waals surface area (Å²) in [6.07, 6.45) is 6.55. The Hall–Kier alpha value is -1.25. The zero-order chi connectivity index (χ0) is 8.55. The number of carbonyl (C=O) groups is 1. The van der Waals surface area contributed by atoms with E-state index in [1.165, 1.54) is 0 Å². The zero-order valence-electron chi connectivity index (χ0n) is 6.56. The molecule has 2 unspecified atom stereocenters. The second-order valence-corrected chi connectivity index (χ2v) is 3.10. The normalized spacial score (nSPS) is 32.2. The molecule has 1 saturated heterocycles. The largest absolute Gasteiger partial charge is 0.497 e. The molecule has 12 heavy (non-hydrogen) atoms. The van der Waals surface area contributed by atoms with Gasteiger partial charge < -0.3 is 9.84 Å². The maximum absolute atomic E-state index is 10.7. The summed E-state index contributed by atoms with van der Waals surface area (Å²) in [5, 5.41) is 8.82. The van der Waals surface area contributed by atoms with E-state index in [-0.39, 0.29) is 11.8 Å². The third-order valence-electron chi connectivity index (χ3n) is 2.38. The van der Waals surface area contributed by atoms with Crippen LogP contribution in [-0.2, 0) is 9.53 Å². The molecule has 0 saturated carbocycles. The number of rotatable bonds is 1. The van der Waals surface area contributed by atoms with Crippen molar-refractivity contribution in [2.45, 2.75) is 6.42 Å².